The molecule has 1 saturated carbocycles. The highest BCUT2D eigenvalue weighted by Crippen LogP contribution is 2.36. The molecule has 1 aromatic heterocycles. The summed E-state index contributed by atoms with van der Waals surface area (Å²) in [6.07, 6.45) is 8.34. The van der Waals surface area contributed by atoms with Crippen LogP contribution >= 0.6 is 11.6 Å². The lowest BCUT2D eigenvalue weighted by Crippen LogP contribution is -2.45. The van der Waals surface area contributed by atoms with E-state index in [2.05, 4.69) is 0 Å². The maximum absolute atomic E-state index is 12.6. The first-order valence-electron chi connectivity index (χ1n) is 7.26. The Kier molecular flexibility index (Phi) is 3.57. The molecule has 1 aliphatic heterocycles. The van der Waals surface area contributed by atoms with E-state index in [1.165, 1.54) is 32.1 Å². The molecule has 104 valence electrons. The molecule has 2 aliphatic rings. The minimum Gasteiger partial charge on any atom is -0.345 e. The average molecular weight is 281 g/mol. The third-order valence-corrected chi connectivity index (χ3v) is 4.98. The van der Waals surface area contributed by atoms with Crippen LogP contribution in [0.5, 0.6) is 0 Å². The van der Waals surface area contributed by atoms with Gasteiger partial charge < -0.3 is 9.47 Å². The number of hydrogen-bond donors (Lipinski definition) is 0. The summed E-state index contributed by atoms with van der Waals surface area (Å²) < 4.78 is 1.83. The van der Waals surface area contributed by atoms with Crippen molar-refractivity contribution in [3.05, 3.63) is 23.0 Å². The van der Waals surface area contributed by atoms with Gasteiger partial charge in [-0.05, 0) is 30.7 Å². The van der Waals surface area contributed by atoms with Gasteiger partial charge in [0.25, 0.3) is 5.91 Å². The lowest BCUT2D eigenvalue weighted by Gasteiger charge is -2.41. The molecule has 2 heterocycles. The first kappa shape index (κ1) is 13.0. The number of hydrogen-bond acceptors (Lipinski definition) is 1. The van der Waals surface area contributed by atoms with Crippen LogP contribution in [0, 0.1) is 11.8 Å². The highest BCUT2D eigenvalue weighted by molar-refractivity contribution is 6.31. The Morgan fingerprint density at radius 2 is 2.00 bits per heavy atom. The molecule has 1 amide bonds. The molecule has 0 radical (unpaired) electrons. The normalized spacial score (nSPS) is 27.2. The highest BCUT2D eigenvalue weighted by atomic mass is 35.5. The van der Waals surface area contributed by atoms with Gasteiger partial charge in [0.15, 0.2) is 0 Å². The number of rotatable bonds is 1. The molecular formula is C15H21ClN2O. The Labute approximate surface area is 119 Å². The molecule has 19 heavy (non-hydrogen) atoms. The van der Waals surface area contributed by atoms with Gasteiger partial charge in [-0.25, -0.2) is 0 Å². The highest BCUT2D eigenvalue weighted by Gasteiger charge is 2.33. The maximum Gasteiger partial charge on any atom is 0.270 e. The minimum atomic E-state index is 0.137. The number of fused-ring (bicyclic) bond motifs is 1. The summed E-state index contributed by atoms with van der Waals surface area (Å²) in [6, 6.07) is 1.77. The van der Waals surface area contributed by atoms with Crippen LogP contribution in [0.25, 0.3) is 0 Å². The Morgan fingerprint density at radius 1 is 1.26 bits per heavy atom. The lowest BCUT2D eigenvalue weighted by atomic mass is 9.75. The van der Waals surface area contributed by atoms with Gasteiger partial charge in [-0.2, -0.15) is 0 Å². The van der Waals surface area contributed by atoms with E-state index in [0.717, 1.165) is 24.9 Å². The summed E-state index contributed by atoms with van der Waals surface area (Å²) in [7, 11) is 1.88. The van der Waals surface area contributed by atoms with Crippen LogP contribution in [0.1, 0.15) is 42.6 Å². The van der Waals surface area contributed by atoms with Gasteiger partial charge >= 0.3 is 0 Å². The van der Waals surface area contributed by atoms with Gasteiger partial charge in [-0.1, -0.05) is 30.9 Å². The Morgan fingerprint density at radius 3 is 2.68 bits per heavy atom. The van der Waals surface area contributed by atoms with E-state index in [-0.39, 0.29) is 5.91 Å². The van der Waals surface area contributed by atoms with Crippen molar-refractivity contribution in [2.45, 2.75) is 32.1 Å². The number of aromatic nitrogens is 1. The van der Waals surface area contributed by atoms with Crippen molar-refractivity contribution in [2.24, 2.45) is 18.9 Å². The molecule has 3 nitrogen and oxygen atoms in total. The fourth-order valence-corrected chi connectivity index (χ4v) is 3.93. The summed E-state index contributed by atoms with van der Waals surface area (Å²) in [4.78, 5) is 14.6. The van der Waals surface area contributed by atoms with Crippen LogP contribution in [0.4, 0.5) is 0 Å². The molecular weight excluding hydrogens is 260 g/mol. The SMILES string of the molecule is Cn1cc(Cl)cc1C(=O)N1CC[C@@H]2CCCC[C@@H]2C1. The first-order valence-corrected chi connectivity index (χ1v) is 7.64. The summed E-state index contributed by atoms with van der Waals surface area (Å²) in [5.41, 5.74) is 0.708. The molecule has 1 aliphatic carbocycles. The first-order chi connectivity index (χ1) is 9.15. The molecule has 0 bridgehead atoms. The number of piperidine rings is 1. The molecule has 1 saturated heterocycles. The van der Waals surface area contributed by atoms with Gasteiger partial charge in [0.2, 0.25) is 0 Å². The summed E-state index contributed by atoms with van der Waals surface area (Å²) in [5.74, 6) is 1.72. The van der Waals surface area contributed by atoms with E-state index in [1.807, 2.05) is 16.5 Å². The van der Waals surface area contributed by atoms with E-state index >= 15 is 0 Å². The number of likely N-dealkylation sites (tertiary alicyclic amines) is 1. The zero-order chi connectivity index (χ0) is 13.4. The van der Waals surface area contributed by atoms with E-state index < -0.39 is 0 Å². The van der Waals surface area contributed by atoms with Gasteiger partial charge in [0.1, 0.15) is 5.69 Å². The predicted octanol–water partition coefficient (Wildman–Crippen LogP) is 3.33. The van der Waals surface area contributed by atoms with Crippen LogP contribution in [0.2, 0.25) is 5.02 Å². The topological polar surface area (TPSA) is 25.2 Å². The largest absolute Gasteiger partial charge is 0.345 e. The molecule has 4 heteroatoms. The number of carbonyl (C=O) groups excluding carboxylic acids is 1. The number of aryl methyl sites for hydroxylation is 1. The van der Waals surface area contributed by atoms with Gasteiger partial charge in [-0.3, -0.25) is 4.79 Å². The van der Waals surface area contributed by atoms with Crippen molar-refractivity contribution in [3.63, 3.8) is 0 Å². The summed E-state index contributed by atoms with van der Waals surface area (Å²) in [6.45, 7) is 1.84. The quantitative estimate of drug-likeness (QED) is 0.775. The van der Waals surface area contributed by atoms with Crippen LogP contribution in [0.15, 0.2) is 12.3 Å². The number of carbonyl (C=O) groups is 1. The van der Waals surface area contributed by atoms with Crippen LogP contribution in [0.3, 0.4) is 0 Å². The Bertz CT molecular complexity index is 482. The van der Waals surface area contributed by atoms with Crippen LogP contribution in [-0.4, -0.2) is 28.5 Å². The molecule has 2 fully saturated rings. The third kappa shape index (κ3) is 2.53. The van der Waals surface area contributed by atoms with E-state index in [0.29, 0.717) is 10.7 Å². The molecule has 0 aromatic carbocycles. The fraction of sp³-hybridized carbons (Fsp3) is 0.667. The molecule has 0 N–H and O–H groups in total. The predicted molar refractivity (Wildman–Crippen MR) is 76.4 cm³/mol. The molecule has 0 spiro atoms. The average Bonchev–Trinajstić information content (AvgIpc) is 2.76. The van der Waals surface area contributed by atoms with Crippen molar-refractivity contribution >= 4 is 17.5 Å². The molecule has 2 atom stereocenters. The lowest BCUT2D eigenvalue weighted by molar-refractivity contribution is 0.0512. The standard InChI is InChI=1S/C15H21ClN2O/c1-17-10-13(16)8-14(17)15(19)18-7-6-11-4-2-3-5-12(11)9-18/h8,10-12H,2-7,9H2,1H3/t11-,12+/m0/s1. The Balaban J connectivity index is 1.72. The van der Waals surface area contributed by atoms with E-state index in [1.54, 1.807) is 12.3 Å². The summed E-state index contributed by atoms with van der Waals surface area (Å²) >= 11 is 5.97. The second-order valence-corrected chi connectivity index (χ2v) is 6.44. The van der Waals surface area contributed by atoms with E-state index in [9.17, 15) is 4.79 Å². The van der Waals surface area contributed by atoms with Crippen molar-refractivity contribution in [1.29, 1.82) is 0 Å². The van der Waals surface area contributed by atoms with Crippen molar-refractivity contribution < 1.29 is 4.79 Å². The zero-order valence-corrected chi connectivity index (χ0v) is 12.2. The van der Waals surface area contributed by atoms with Crippen molar-refractivity contribution in [2.75, 3.05) is 13.1 Å². The number of nitrogens with zero attached hydrogens (tertiary/aromatic N) is 2. The van der Waals surface area contributed by atoms with Crippen LogP contribution in [-0.2, 0) is 7.05 Å². The summed E-state index contributed by atoms with van der Waals surface area (Å²) in [5, 5.41) is 0.637. The third-order valence-electron chi connectivity index (χ3n) is 4.77. The number of halogens is 1. The zero-order valence-electron chi connectivity index (χ0n) is 11.4. The smallest absolute Gasteiger partial charge is 0.270 e. The molecule has 0 unspecified atom stereocenters. The van der Waals surface area contributed by atoms with Crippen LogP contribution < -0.4 is 0 Å². The molecule has 1 aromatic rings. The van der Waals surface area contributed by atoms with Crippen molar-refractivity contribution in [3.8, 4) is 0 Å². The van der Waals surface area contributed by atoms with Gasteiger partial charge in [-0.15, -0.1) is 0 Å². The fourth-order valence-electron chi connectivity index (χ4n) is 3.68. The monoisotopic (exact) mass is 280 g/mol. The molecule has 3 rings (SSSR count). The van der Waals surface area contributed by atoms with Gasteiger partial charge in [0.05, 0.1) is 5.02 Å². The van der Waals surface area contributed by atoms with E-state index in [4.69, 9.17) is 11.6 Å². The maximum atomic E-state index is 12.6. The number of amides is 1. The Hall–Kier alpha value is -0.960. The minimum absolute atomic E-state index is 0.137. The van der Waals surface area contributed by atoms with Crippen molar-refractivity contribution in [1.82, 2.24) is 9.47 Å². The second kappa shape index (κ2) is 5.20. The second-order valence-electron chi connectivity index (χ2n) is 6.00. The van der Waals surface area contributed by atoms with Gasteiger partial charge in [0, 0.05) is 26.3 Å².